The van der Waals surface area contributed by atoms with Crippen molar-refractivity contribution in [2.24, 2.45) is 5.73 Å². The molecule has 9 heteroatoms. The van der Waals surface area contributed by atoms with Gasteiger partial charge in [-0.25, -0.2) is 4.98 Å². The van der Waals surface area contributed by atoms with Crippen LogP contribution in [0.15, 0.2) is 41.2 Å². The number of morpholine rings is 1. The van der Waals surface area contributed by atoms with Crippen molar-refractivity contribution >= 4 is 49.1 Å². The molecule has 8 nitrogen and oxygen atoms in total. The zero-order valence-electron chi connectivity index (χ0n) is 16.3. The van der Waals surface area contributed by atoms with Crippen LogP contribution in [0.3, 0.4) is 0 Å². The number of ether oxygens (including phenoxy) is 1. The van der Waals surface area contributed by atoms with Gasteiger partial charge in [-0.2, -0.15) is 0 Å². The molecule has 0 aliphatic carbocycles. The van der Waals surface area contributed by atoms with E-state index in [1.54, 1.807) is 6.07 Å². The maximum absolute atomic E-state index is 13.3. The SMILES string of the molecule is NCCNC(=O)c1c(=O)c2ccc(N3CCOCC3)nc2n2c1sc1ccccc12. The number of hydrogen-bond donors (Lipinski definition) is 2. The molecule has 154 valence electrons. The first kappa shape index (κ1) is 19.0. The zero-order chi connectivity index (χ0) is 20.7. The number of carbonyl (C=O) groups excluding carboxylic acids is 1. The van der Waals surface area contributed by atoms with Crippen LogP contribution in [-0.4, -0.2) is 54.7 Å². The quantitative estimate of drug-likeness (QED) is 0.517. The van der Waals surface area contributed by atoms with Crippen molar-refractivity contribution in [2.45, 2.75) is 0 Å². The van der Waals surface area contributed by atoms with E-state index in [1.807, 2.05) is 34.7 Å². The van der Waals surface area contributed by atoms with Gasteiger partial charge in [0.05, 0.1) is 28.8 Å². The summed E-state index contributed by atoms with van der Waals surface area (Å²) in [7, 11) is 0. The minimum absolute atomic E-state index is 0.137. The minimum Gasteiger partial charge on any atom is -0.378 e. The molecule has 1 saturated heterocycles. The van der Waals surface area contributed by atoms with E-state index in [1.165, 1.54) is 11.3 Å². The number of hydrogen-bond acceptors (Lipinski definition) is 7. The monoisotopic (exact) mass is 423 g/mol. The average molecular weight is 423 g/mol. The highest BCUT2D eigenvalue weighted by Crippen LogP contribution is 2.31. The fourth-order valence-corrected chi connectivity index (χ4v) is 5.00. The third-order valence-electron chi connectivity index (χ3n) is 5.27. The van der Waals surface area contributed by atoms with E-state index in [0.717, 1.165) is 29.1 Å². The number of benzene rings is 1. The summed E-state index contributed by atoms with van der Waals surface area (Å²) in [5.41, 5.74) is 6.83. The van der Waals surface area contributed by atoms with Crippen molar-refractivity contribution in [3.05, 3.63) is 52.2 Å². The van der Waals surface area contributed by atoms with Crippen molar-refractivity contribution in [3.8, 4) is 0 Å². The molecule has 1 aliphatic rings. The molecule has 30 heavy (non-hydrogen) atoms. The molecule has 0 saturated carbocycles. The average Bonchev–Trinajstić information content (AvgIpc) is 3.17. The molecular formula is C21H21N5O3S. The van der Waals surface area contributed by atoms with Crippen molar-refractivity contribution in [1.29, 1.82) is 0 Å². The van der Waals surface area contributed by atoms with Crippen LogP contribution in [0.25, 0.3) is 26.1 Å². The fraction of sp³-hybridized carbons (Fsp3) is 0.286. The summed E-state index contributed by atoms with van der Waals surface area (Å²) in [6.07, 6.45) is 0. The van der Waals surface area contributed by atoms with Gasteiger partial charge < -0.3 is 20.7 Å². The molecule has 1 aliphatic heterocycles. The molecular weight excluding hydrogens is 402 g/mol. The summed E-state index contributed by atoms with van der Waals surface area (Å²) in [5, 5.41) is 3.16. The highest BCUT2D eigenvalue weighted by Gasteiger charge is 2.23. The molecule has 1 amide bonds. The normalized spacial score (nSPS) is 14.6. The standard InChI is InChI=1S/C21H21N5O3S/c22-7-8-23-20(28)17-18(27)13-5-6-16(25-9-11-29-12-10-25)24-19(13)26-14-3-1-2-4-15(14)30-21(17)26/h1-6H,7-12,22H2,(H,23,28). The number of anilines is 1. The summed E-state index contributed by atoms with van der Waals surface area (Å²) < 4.78 is 8.35. The lowest BCUT2D eigenvalue weighted by Crippen LogP contribution is -2.37. The molecule has 0 atom stereocenters. The van der Waals surface area contributed by atoms with Gasteiger partial charge in [-0.3, -0.25) is 14.0 Å². The Morgan fingerprint density at radius 1 is 1.20 bits per heavy atom. The number of pyridine rings is 2. The van der Waals surface area contributed by atoms with Crippen LogP contribution in [0.4, 0.5) is 5.82 Å². The van der Waals surface area contributed by atoms with Crippen LogP contribution in [0.1, 0.15) is 10.4 Å². The lowest BCUT2D eigenvalue weighted by Gasteiger charge is -2.27. The highest BCUT2D eigenvalue weighted by atomic mass is 32.1. The zero-order valence-corrected chi connectivity index (χ0v) is 17.1. The van der Waals surface area contributed by atoms with Crippen LogP contribution in [0, 0.1) is 0 Å². The van der Waals surface area contributed by atoms with Gasteiger partial charge in [0.1, 0.15) is 16.2 Å². The van der Waals surface area contributed by atoms with E-state index in [2.05, 4.69) is 10.2 Å². The number of carbonyl (C=O) groups is 1. The number of nitrogens with one attached hydrogen (secondary N) is 1. The predicted octanol–water partition coefficient (Wildman–Crippen LogP) is 1.59. The van der Waals surface area contributed by atoms with Crippen LogP contribution in [0.5, 0.6) is 0 Å². The van der Waals surface area contributed by atoms with Gasteiger partial charge in [-0.15, -0.1) is 11.3 Å². The maximum atomic E-state index is 13.3. The van der Waals surface area contributed by atoms with Crippen molar-refractivity contribution in [2.75, 3.05) is 44.3 Å². The molecule has 4 aromatic rings. The Kier molecular flexibility index (Phi) is 4.86. The Morgan fingerprint density at radius 3 is 2.80 bits per heavy atom. The van der Waals surface area contributed by atoms with E-state index >= 15 is 0 Å². The number of rotatable bonds is 4. The van der Waals surface area contributed by atoms with Gasteiger partial charge in [0.2, 0.25) is 5.43 Å². The second-order valence-electron chi connectivity index (χ2n) is 7.10. The summed E-state index contributed by atoms with van der Waals surface area (Å²) in [5.74, 6) is 0.392. The Hall–Kier alpha value is -3.01. The molecule has 4 heterocycles. The molecule has 1 fully saturated rings. The molecule has 3 N–H and O–H groups in total. The first-order chi connectivity index (χ1) is 14.7. The Labute approximate surface area is 175 Å². The Balaban J connectivity index is 1.82. The third kappa shape index (κ3) is 3.02. The summed E-state index contributed by atoms with van der Waals surface area (Å²) in [4.78, 5) is 33.8. The lowest BCUT2D eigenvalue weighted by atomic mass is 10.1. The van der Waals surface area contributed by atoms with Gasteiger partial charge in [-0.1, -0.05) is 12.1 Å². The van der Waals surface area contributed by atoms with Gasteiger partial charge in [0.25, 0.3) is 5.91 Å². The predicted molar refractivity (Wildman–Crippen MR) is 119 cm³/mol. The summed E-state index contributed by atoms with van der Waals surface area (Å²) >= 11 is 1.42. The van der Waals surface area contributed by atoms with Gasteiger partial charge in [-0.05, 0) is 24.3 Å². The van der Waals surface area contributed by atoms with E-state index in [4.69, 9.17) is 15.5 Å². The van der Waals surface area contributed by atoms with Crippen LogP contribution < -0.4 is 21.4 Å². The summed E-state index contributed by atoms with van der Waals surface area (Å²) in [6.45, 7) is 3.41. The lowest BCUT2D eigenvalue weighted by molar-refractivity contribution is 0.0955. The van der Waals surface area contributed by atoms with Gasteiger partial charge in [0, 0.05) is 26.2 Å². The number of fused-ring (bicyclic) bond motifs is 5. The van der Waals surface area contributed by atoms with Crippen LogP contribution in [0.2, 0.25) is 0 Å². The van der Waals surface area contributed by atoms with Crippen molar-refractivity contribution < 1.29 is 9.53 Å². The van der Waals surface area contributed by atoms with Crippen LogP contribution >= 0.6 is 11.3 Å². The number of nitrogens with zero attached hydrogens (tertiary/aromatic N) is 3. The second-order valence-corrected chi connectivity index (χ2v) is 8.13. The summed E-state index contributed by atoms with van der Waals surface area (Å²) in [6, 6.07) is 11.5. The topological polar surface area (TPSA) is 102 Å². The fourth-order valence-electron chi connectivity index (χ4n) is 3.82. The Bertz CT molecular complexity index is 1320. The molecule has 3 aromatic heterocycles. The Morgan fingerprint density at radius 2 is 2.00 bits per heavy atom. The third-order valence-corrected chi connectivity index (χ3v) is 6.41. The molecule has 5 rings (SSSR count). The van der Waals surface area contributed by atoms with E-state index in [-0.39, 0.29) is 11.0 Å². The second kappa shape index (κ2) is 7.67. The molecule has 1 aromatic carbocycles. The minimum atomic E-state index is -0.409. The highest BCUT2D eigenvalue weighted by molar-refractivity contribution is 7.24. The van der Waals surface area contributed by atoms with E-state index < -0.39 is 5.91 Å². The molecule has 0 radical (unpaired) electrons. The molecule has 0 bridgehead atoms. The first-order valence-electron chi connectivity index (χ1n) is 9.87. The molecule has 0 spiro atoms. The number of nitrogens with two attached hydrogens (primary N) is 1. The molecule has 0 unspecified atom stereocenters. The maximum Gasteiger partial charge on any atom is 0.258 e. The number of aromatic nitrogens is 2. The smallest absolute Gasteiger partial charge is 0.258 e. The van der Waals surface area contributed by atoms with E-state index in [0.29, 0.717) is 42.2 Å². The number of thiazole rings is 1. The number of amides is 1. The van der Waals surface area contributed by atoms with Gasteiger partial charge in [0.15, 0.2) is 5.65 Å². The largest absolute Gasteiger partial charge is 0.378 e. The van der Waals surface area contributed by atoms with Crippen molar-refractivity contribution in [1.82, 2.24) is 14.7 Å². The van der Waals surface area contributed by atoms with Crippen molar-refractivity contribution in [3.63, 3.8) is 0 Å². The van der Waals surface area contributed by atoms with E-state index in [9.17, 15) is 9.59 Å². The first-order valence-corrected chi connectivity index (χ1v) is 10.7. The number of para-hydroxylation sites is 1. The van der Waals surface area contributed by atoms with Crippen LogP contribution in [-0.2, 0) is 4.74 Å². The van der Waals surface area contributed by atoms with Gasteiger partial charge >= 0.3 is 0 Å².